The van der Waals surface area contributed by atoms with Gasteiger partial charge in [-0.3, -0.25) is 4.79 Å². The van der Waals surface area contributed by atoms with E-state index in [1.54, 1.807) is 11.3 Å². The summed E-state index contributed by atoms with van der Waals surface area (Å²) < 4.78 is 13.4. The Bertz CT molecular complexity index is 1860. The van der Waals surface area contributed by atoms with Crippen molar-refractivity contribution in [2.75, 3.05) is 18.5 Å². The minimum atomic E-state index is -0.561. The van der Waals surface area contributed by atoms with Crippen molar-refractivity contribution in [1.82, 2.24) is 4.98 Å². The summed E-state index contributed by atoms with van der Waals surface area (Å²) in [5, 5.41) is 13.2. The lowest BCUT2D eigenvalue weighted by Gasteiger charge is -2.30. The fourth-order valence-corrected chi connectivity index (χ4v) is 7.21. The zero-order valence-corrected chi connectivity index (χ0v) is 25.4. The average Bonchev–Trinajstić information content (AvgIpc) is 3.64. The van der Waals surface area contributed by atoms with Gasteiger partial charge in [-0.25, -0.2) is 4.98 Å². The molecule has 7 rings (SSSR count). The molecule has 1 aromatic heterocycles. The van der Waals surface area contributed by atoms with E-state index in [9.17, 15) is 9.90 Å². The first kappa shape index (κ1) is 28.5. The molecule has 7 heteroatoms. The standard InChI is InChI=1S/C37H34N2O4S/c1-23-11-16-32-34(19-23)44-37(39-32)24-12-14-27(15-13-24)38-36(41)33-21-26(22-35(43-33)42-18-5-4-17-40)29-9-6-10-30-28-8-3-2-7-25(28)20-31(29)30/h2-3,6-16,19,21,26,35,40H,4-5,17-18,20,22H2,1H3,(H,38,41)/t26-,35+/m0/s1. The Morgan fingerprint density at radius 3 is 2.73 bits per heavy atom. The molecule has 0 radical (unpaired) electrons. The van der Waals surface area contributed by atoms with Crippen LogP contribution in [0.1, 0.15) is 47.4 Å². The molecule has 0 saturated carbocycles. The molecule has 1 amide bonds. The van der Waals surface area contributed by atoms with Crippen LogP contribution in [-0.4, -0.2) is 35.5 Å². The monoisotopic (exact) mass is 602 g/mol. The number of unbranched alkanes of at least 4 members (excludes halogenated alkanes) is 1. The first-order chi connectivity index (χ1) is 21.6. The molecule has 1 aliphatic heterocycles. The number of thiazole rings is 1. The van der Waals surface area contributed by atoms with Gasteiger partial charge in [0, 0.05) is 30.2 Å². The quantitative estimate of drug-likeness (QED) is 0.164. The van der Waals surface area contributed by atoms with Crippen LogP contribution in [0.2, 0.25) is 0 Å². The summed E-state index contributed by atoms with van der Waals surface area (Å²) in [7, 11) is 0. The number of aromatic nitrogens is 1. The van der Waals surface area contributed by atoms with Crippen molar-refractivity contribution in [3.8, 4) is 21.7 Å². The average molecular weight is 603 g/mol. The van der Waals surface area contributed by atoms with Gasteiger partial charge >= 0.3 is 0 Å². The molecule has 0 spiro atoms. The van der Waals surface area contributed by atoms with Crippen molar-refractivity contribution in [2.45, 2.75) is 44.8 Å². The second-order valence-electron chi connectivity index (χ2n) is 11.5. The van der Waals surface area contributed by atoms with Crippen LogP contribution < -0.4 is 5.32 Å². The Hall–Kier alpha value is -4.30. The summed E-state index contributed by atoms with van der Waals surface area (Å²) in [5.74, 6) is -0.0912. The first-order valence-corrected chi connectivity index (χ1v) is 16.0. The van der Waals surface area contributed by atoms with Gasteiger partial charge in [0.25, 0.3) is 5.91 Å². The zero-order valence-electron chi connectivity index (χ0n) is 24.6. The van der Waals surface area contributed by atoms with E-state index in [4.69, 9.17) is 14.5 Å². The Balaban J connectivity index is 1.12. The van der Waals surface area contributed by atoms with Gasteiger partial charge in [0.1, 0.15) is 5.01 Å². The lowest BCUT2D eigenvalue weighted by Crippen LogP contribution is -2.30. The van der Waals surface area contributed by atoms with Crippen molar-refractivity contribution in [3.05, 3.63) is 119 Å². The molecule has 1 aliphatic carbocycles. The second-order valence-corrected chi connectivity index (χ2v) is 12.5. The number of aliphatic hydroxyl groups is 1. The maximum Gasteiger partial charge on any atom is 0.290 e. The highest BCUT2D eigenvalue weighted by Crippen LogP contribution is 2.43. The molecule has 0 fully saturated rings. The van der Waals surface area contributed by atoms with E-state index in [1.807, 2.05) is 30.3 Å². The van der Waals surface area contributed by atoms with Crippen molar-refractivity contribution < 1.29 is 19.4 Å². The molecule has 2 atom stereocenters. The van der Waals surface area contributed by atoms with Gasteiger partial charge in [-0.2, -0.15) is 0 Å². The van der Waals surface area contributed by atoms with E-state index in [1.165, 1.54) is 33.4 Å². The normalized spacial score (nSPS) is 17.1. The number of aliphatic hydroxyl groups excluding tert-OH is 1. The molecular formula is C37H34N2O4S. The molecule has 2 heterocycles. The number of anilines is 1. The molecule has 2 N–H and O–H groups in total. The molecule has 222 valence electrons. The predicted molar refractivity (Wildman–Crippen MR) is 176 cm³/mol. The summed E-state index contributed by atoms with van der Waals surface area (Å²) in [6.07, 6.45) is 4.25. The number of fused-ring (bicyclic) bond motifs is 4. The number of amides is 1. The van der Waals surface area contributed by atoms with Gasteiger partial charge in [-0.05, 0) is 102 Å². The lowest BCUT2D eigenvalue weighted by atomic mass is 9.87. The van der Waals surface area contributed by atoms with Crippen LogP contribution in [0.15, 0.2) is 96.8 Å². The van der Waals surface area contributed by atoms with Crippen LogP contribution in [0.4, 0.5) is 5.69 Å². The van der Waals surface area contributed by atoms with Crippen molar-refractivity contribution >= 4 is 33.1 Å². The van der Waals surface area contributed by atoms with Crippen molar-refractivity contribution in [3.63, 3.8) is 0 Å². The van der Waals surface area contributed by atoms with E-state index in [0.717, 1.165) is 33.6 Å². The Morgan fingerprint density at radius 1 is 1.02 bits per heavy atom. The van der Waals surface area contributed by atoms with Crippen molar-refractivity contribution in [1.29, 1.82) is 0 Å². The highest BCUT2D eigenvalue weighted by molar-refractivity contribution is 7.21. The zero-order chi connectivity index (χ0) is 30.0. The maximum atomic E-state index is 13.6. The number of ether oxygens (including phenoxy) is 2. The molecular weight excluding hydrogens is 568 g/mol. The number of hydrogen-bond acceptors (Lipinski definition) is 6. The molecule has 44 heavy (non-hydrogen) atoms. The Morgan fingerprint density at radius 2 is 1.86 bits per heavy atom. The molecule has 6 nitrogen and oxygen atoms in total. The van der Waals surface area contributed by atoms with Gasteiger partial charge < -0.3 is 19.9 Å². The van der Waals surface area contributed by atoms with Crippen LogP contribution in [0.3, 0.4) is 0 Å². The number of aryl methyl sites for hydroxylation is 1. The smallest absolute Gasteiger partial charge is 0.290 e. The first-order valence-electron chi connectivity index (χ1n) is 15.2. The fraction of sp³-hybridized carbons (Fsp3) is 0.243. The maximum absolute atomic E-state index is 13.6. The number of rotatable bonds is 9. The Labute approximate surface area is 261 Å². The van der Waals surface area contributed by atoms with E-state index in [2.05, 4.69) is 72.9 Å². The number of benzene rings is 4. The fourth-order valence-electron chi connectivity index (χ4n) is 6.14. The molecule has 4 aromatic carbocycles. The van der Waals surface area contributed by atoms with Gasteiger partial charge in [0.2, 0.25) is 6.29 Å². The highest BCUT2D eigenvalue weighted by atomic mass is 32.1. The lowest BCUT2D eigenvalue weighted by molar-refractivity contribution is -0.143. The van der Waals surface area contributed by atoms with Crippen LogP contribution in [0.25, 0.3) is 31.9 Å². The topological polar surface area (TPSA) is 80.7 Å². The minimum Gasteiger partial charge on any atom is -0.459 e. The number of nitrogens with zero attached hydrogens (tertiary/aromatic N) is 1. The number of nitrogens with one attached hydrogen (secondary N) is 1. The van der Waals surface area contributed by atoms with Gasteiger partial charge in [0.15, 0.2) is 5.76 Å². The third-order valence-corrected chi connectivity index (χ3v) is 9.42. The van der Waals surface area contributed by atoms with E-state index in [0.29, 0.717) is 25.1 Å². The summed E-state index contributed by atoms with van der Waals surface area (Å²) in [6, 6.07) is 29.0. The second kappa shape index (κ2) is 12.4. The predicted octanol–water partition coefficient (Wildman–Crippen LogP) is 7.98. The largest absolute Gasteiger partial charge is 0.459 e. The van der Waals surface area contributed by atoms with Crippen LogP contribution in [0, 0.1) is 6.92 Å². The highest BCUT2D eigenvalue weighted by Gasteiger charge is 2.32. The summed E-state index contributed by atoms with van der Waals surface area (Å²) in [4.78, 5) is 18.4. The summed E-state index contributed by atoms with van der Waals surface area (Å²) >= 11 is 1.66. The number of carbonyl (C=O) groups excluding carboxylic acids is 1. The van der Waals surface area contributed by atoms with E-state index >= 15 is 0 Å². The van der Waals surface area contributed by atoms with Crippen LogP contribution in [0.5, 0.6) is 0 Å². The molecule has 0 unspecified atom stereocenters. The van der Waals surface area contributed by atoms with Crippen molar-refractivity contribution in [2.24, 2.45) is 0 Å². The van der Waals surface area contributed by atoms with Gasteiger partial charge in [-0.15, -0.1) is 11.3 Å². The minimum absolute atomic E-state index is 0.0401. The molecule has 0 bridgehead atoms. The summed E-state index contributed by atoms with van der Waals surface area (Å²) in [5.41, 5.74) is 10.3. The molecule has 5 aromatic rings. The Kier molecular flexibility index (Phi) is 8.00. The number of carbonyl (C=O) groups is 1. The van der Waals surface area contributed by atoms with E-state index < -0.39 is 6.29 Å². The van der Waals surface area contributed by atoms with Crippen LogP contribution in [-0.2, 0) is 20.7 Å². The number of hydrogen-bond donors (Lipinski definition) is 2. The summed E-state index contributed by atoms with van der Waals surface area (Å²) in [6.45, 7) is 2.66. The molecule has 0 saturated heterocycles. The number of allylic oxidation sites excluding steroid dienone is 1. The van der Waals surface area contributed by atoms with Gasteiger partial charge in [-0.1, -0.05) is 48.5 Å². The van der Waals surface area contributed by atoms with E-state index in [-0.39, 0.29) is 24.2 Å². The molecule has 2 aliphatic rings. The third kappa shape index (κ3) is 5.78. The van der Waals surface area contributed by atoms with Gasteiger partial charge in [0.05, 0.1) is 16.8 Å². The third-order valence-electron chi connectivity index (χ3n) is 8.36. The SMILES string of the molecule is Cc1ccc2nc(-c3ccc(NC(=O)C4=C[C@H](c5cccc6c5Cc5ccccc5-6)C[C@H](OCCCCO)O4)cc3)sc2c1. The van der Waals surface area contributed by atoms with Crippen LogP contribution >= 0.6 is 11.3 Å².